The second-order valence-corrected chi connectivity index (χ2v) is 3.68. The molecule has 2 rings (SSSR count). The maximum atomic E-state index is 6.04. The third kappa shape index (κ3) is 1.41. The first kappa shape index (κ1) is 8.86. The lowest BCUT2D eigenvalue weighted by Gasteiger charge is -2.05. The van der Waals surface area contributed by atoms with Gasteiger partial charge in [-0.15, -0.1) is 0 Å². The van der Waals surface area contributed by atoms with Gasteiger partial charge in [-0.05, 0) is 30.0 Å². The summed E-state index contributed by atoms with van der Waals surface area (Å²) in [5.74, 6) is 0. The van der Waals surface area contributed by atoms with Crippen molar-refractivity contribution in [3.8, 4) is 0 Å². The number of fused-ring (bicyclic) bond motifs is 1. The summed E-state index contributed by atoms with van der Waals surface area (Å²) in [6.45, 7) is 3.89. The largest absolute Gasteiger partial charge is 0.0840 e. The Kier molecular flexibility index (Phi) is 2.19. The minimum Gasteiger partial charge on any atom is -0.0840 e. The van der Waals surface area contributed by atoms with E-state index in [1.54, 1.807) is 0 Å². The highest BCUT2D eigenvalue weighted by Crippen LogP contribution is 2.30. The van der Waals surface area contributed by atoms with Crippen LogP contribution in [0.4, 0.5) is 0 Å². The normalized spacial score (nSPS) is 10.7. The Bertz CT molecular complexity index is 461. The fourth-order valence-electron chi connectivity index (χ4n) is 1.38. The van der Waals surface area contributed by atoms with Gasteiger partial charge in [0.1, 0.15) is 0 Å². The molecule has 2 aromatic carbocycles. The average Bonchev–Trinajstić information content (AvgIpc) is 2.12. The number of hydrogen-bond acceptors (Lipinski definition) is 0. The van der Waals surface area contributed by atoms with Crippen molar-refractivity contribution in [3.63, 3.8) is 0 Å². The monoisotopic (exact) mass is 209 g/mol. The summed E-state index contributed by atoms with van der Waals surface area (Å²) < 4.78 is 0. The van der Waals surface area contributed by atoms with Crippen LogP contribution in [0.3, 0.4) is 0 Å². The zero-order valence-electron chi connectivity index (χ0n) is 6.85. The van der Waals surface area contributed by atoms with Crippen LogP contribution in [0, 0.1) is 6.92 Å². The number of rotatable bonds is 0. The van der Waals surface area contributed by atoms with E-state index in [4.69, 9.17) is 23.2 Å². The molecule has 0 atom stereocenters. The summed E-state index contributed by atoms with van der Waals surface area (Å²) in [5, 5.41) is 3.36. The SMILES string of the molecule is [CH2]c1c(Cl)ccc2cccc(Cl)c12. The standard InChI is InChI=1S/C11H7Cl2/c1-7-9(12)6-5-8-3-2-4-10(13)11(7)8/h2-6H,1H2. The van der Waals surface area contributed by atoms with E-state index in [1.165, 1.54) is 0 Å². The van der Waals surface area contributed by atoms with Gasteiger partial charge < -0.3 is 0 Å². The molecule has 1 radical (unpaired) electrons. The molecular weight excluding hydrogens is 203 g/mol. The third-order valence-electron chi connectivity index (χ3n) is 2.05. The van der Waals surface area contributed by atoms with Crippen LogP contribution in [0.5, 0.6) is 0 Å². The molecule has 0 N–H and O–H groups in total. The van der Waals surface area contributed by atoms with Crippen LogP contribution >= 0.6 is 23.2 Å². The maximum absolute atomic E-state index is 6.04. The van der Waals surface area contributed by atoms with E-state index < -0.39 is 0 Å². The highest BCUT2D eigenvalue weighted by molar-refractivity contribution is 6.37. The average molecular weight is 210 g/mol. The molecule has 0 aliphatic carbocycles. The molecule has 0 aromatic heterocycles. The summed E-state index contributed by atoms with van der Waals surface area (Å²) in [6.07, 6.45) is 0. The van der Waals surface area contributed by atoms with Gasteiger partial charge >= 0.3 is 0 Å². The molecule has 0 aliphatic heterocycles. The topological polar surface area (TPSA) is 0 Å². The quantitative estimate of drug-likeness (QED) is 0.607. The smallest absolute Gasteiger partial charge is 0.0487 e. The molecule has 0 fully saturated rings. The second kappa shape index (κ2) is 3.21. The van der Waals surface area contributed by atoms with E-state index >= 15 is 0 Å². The summed E-state index contributed by atoms with van der Waals surface area (Å²) >= 11 is 12.0. The van der Waals surface area contributed by atoms with Gasteiger partial charge in [0.15, 0.2) is 0 Å². The van der Waals surface area contributed by atoms with E-state index in [9.17, 15) is 0 Å². The third-order valence-corrected chi connectivity index (χ3v) is 2.71. The molecule has 0 aliphatic rings. The summed E-state index contributed by atoms with van der Waals surface area (Å²) in [5.41, 5.74) is 0.796. The highest BCUT2D eigenvalue weighted by Gasteiger charge is 2.04. The molecule has 0 heterocycles. The molecule has 0 saturated carbocycles. The lowest BCUT2D eigenvalue weighted by Crippen LogP contribution is -1.80. The van der Waals surface area contributed by atoms with Crippen molar-refractivity contribution in [1.82, 2.24) is 0 Å². The molecule has 2 aromatic rings. The van der Waals surface area contributed by atoms with Crippen LogP contribution in [0.25, 0.3) is 10.8 Å². The Hall–Kier alpha value is -0.720. The zero-order chi connectivity index (χ0) is 9.42. The van der Waals surface area contributed by atoms with Gasteiger partial charge in [0.05, 0.1) is 0 Å². The number of halogens is 2. The van der Waals surface area contributed by atoms with Crippen molar-refractivity contribution in [3.05, 3.63) is 52.9 Å². The first-order valence-electron chi connectivity index (χ1n) is 3.89. The Labute approximate surface area is 87.1 Å². The van der Waals surface area contributed by atoms with Crippen molar-refractivity contribution < 1.29 is 0 Å². The lowest BCUT2D eigenvalue weighted by atomic mass is 10.1. The predicted octanol–water partition coefficient (Wildman–Crippen LogP) is 4.33. The fraction of sp³-hybridized carbons (Fsp3) is 0. The van der Waals surface area contributed by atoms with Crippen LogP contribution < -0.4 is 0 Å². The molecule has 65 valence electrons. The first-order chi connectivity index (χ1) is 6.20. The van der Waals surface area contributed by atoms with Crippen LogP contribution in [-0.2, 0) is 0 Å². The molecule has 0 bridgehead atoms. The van der Waals surface area contributed by atoms with Crippen molar-refractivity contribution in [2.75, 3.05) is 0 Å². The van der Waals surface area contributed by atoms with Crippen LogP contribution in [-0.4, -0.2) is 0 Å². The Morgan fingerprint density at radius 1 is 0.923 bits per heavy atom. The zero-order valence-corrected chi connectivity index (χ0v) is 8.36. The van der Waals surface area contributed by atoms with E-state index in [1.807, 2.05) is 30.3 Å². The maximum Gasteiger partial charge on any atom is 0.0487 e. The summed E-state index contributed by atoms with van der Waals surface area (Å²) in [4.78, 5) is 0. The van der Waals surface area contributed by atoms with Crippen LogP contribution in [0.15, 0.2) is 30.3 Å². The van der Waals surface area contributed by atoms with Gasteiger partial charge in [-0.3, -0.25) is 0 Å². The number of benzene rings is 2. The second-order valence-electron chi connectivity index (χ2n) is 2.86. The minimum atomic E-state index is 0.653. The van der Waals surface area contributed by atoms with Crippen molar-refractivity contribution in [1.29, 1.82) is 0 Å². The van der Waals surface area contributed by atoms with E-state index in [0.717, 1.165) is 16.3 Å². The van der Waals surface area contributed by atoms with Gasteiger partial charge in [0.2, 0.25) is 0 Å². The molecule has 0 spiro atoms. The molecular formula is C11H7Cl2. The Morgan fingerprint density at radius 2 is 1.69 bits per heavy atom. The predicted molar refractivity (Wildman–Crippen MR) is 58.4 cm³/mol. The van der Waals surface area contributed by atoms with Gasteiger partial charge in [-0.2, -0.15) is 0 Å². The van der Waals surface area contributed by atoms with Crippen molar-refractivity contribution >= 4 is 34.0 Å². The van der Waals surface area contributed by atoms with E-state index in [-0.39, 0.29) is 0 Å². The van der Waals surface area contributed by atoms with Crippen molar-refractivity contribution in [2.45, 2.75) is 0 Å². The summed E-state index contributed by atoms with van der Waals surface area (Å²) in [7, 11) is 0. The van der Waals surface area contributed by atoms with E-state index in [2.05, 4.69) is 6.92 Å². The summed E-state index contributed by atoms with van der Waals surface area (Å²) in [6, 6.07) is 9.53. The lowest BCUT2D eigenvalue weighted by molar-refractivity contribution is 1.67. The molecule has 0 nitrogen and oxygen atoms in total. The minimum absolute atomic E-state index is 0.653. The Balaban J connectivity index is 2.97. The number of hydrogen-bond donors (Lipinski definition) is 0. The van der Waals surface area contributed by atoms with Crippen LogP contribution in [0.2, 0.25) is 10.0 Å². The van der Waals surface area contributed by atoms with Crippen molar-refractivity contribution in [2.24, 2.45) is 0 Å². The van der Waals surface area contributed by atoms with Gasteiger partial charge in [-0.1, -0.05) is 41.4 Å². The fourth-order valence-corrected chi connectivity index (χ4v) is 1.83. The molecule has 0 amide bonds. The molecule has 0 saturated heterocycles. The van der Waals surface area contributed by atoms with Gasteiger partial charge in [0, 0.05) is 15.4 Å². The Morgan fingerprint density at radius 3 is 2.46 bits per heavy atom. The van der Waals surface area contributed by atoms with Gasteiger partial charge in [0.25, 0.3) is 0 Å². The highest BCUT2D eigenvalue weighted by atomic mass is 35.5. The first-order valence-corrected chi connectivity index (χ1v) is 4.64. The van der Waals surface area contributed by atoms with Gasteiger partial charge in [-0.25, -0.2) is 0 Å². The van der Waals surface area contributed by atoms with Crippen LogP contribution in [0.1, 0.15) is 5.56 Å². The molecule has 13 heavy (non-hydrogen) atoms. The molecule has 2 heteroatoms. The van der Waals surface area contributed by atoms with E-state index in [0.29, 0.717) is 10.0 Å². The molecule has 0 unspecified atom stereocenters.